The standard InChI is InChI=1S/C15H16F3N3/c16-15(17,18)13-5-3-11(4-6-13)8-14(21-19)9-12-2-1-7-20-10-12/h1-7,10,14,21H,8-9,19H2. The molecule has 0 aliphatic carbocycles. The number of pyridine rings is 1. The molecule has 0 saturated heterocycles. The zero-order valence-electron chi connectivity index (χ0n) is 11.3. The molecule has 21 heavy (non-hydrogen) atoms. The van der Waals surface area contributed by atoms with Crippen molar-refractivity contribution in [2.24, 2.45) is 5.84 Å². The molecule has 2 rings (SSSR count). The van der Waals surface area contributed by atoms with Crippen LogP contribution in [0.4, 0.5) is 13.2 Å². The van der Waals surface area contributed by atoms with Crippen LogP contribution in [0.5, 0.6) is 0 Å². The fraction of sp³-hybridized carbons (Fsp3) is 0.267. The van der Waals surface area contributed by atoms with Gasteiger partial charge in [-0.3, -0.25) is 16.3 Å². The predicted octanol–water partition coefficient (Wildman–Crippen LogP) is 2.72. The first-order valence-corrected chi connectivity index (χ1v) is 6.50. The average Bonchev–Trinajstić information content (AvgIpc) is 2.47. The minimum Gasteiger partial charge on any atom is -0.271 e. The third-order valence-corrected chi connectivity index (χ3v) is 3.20. The molecule has 0 bridgehead atoms. The van der Waals surface area contributed by atoms with Gasteiger partial charge in [0.1, 0.15) is 0 Å². The number of halogens is 3. The first-order valence-electron chi connectivity index (χ1n) is 6.50. The van der Waals surface area contributed by atoms with Gasteiger partial charge < -0.3 is 0 Å². The number of benzene rings is 1. The Hall–Kier alpha value is -1.92. The normalized spacial score (nSPS) is 13.1. The molecule has 6 heteroatoms. The summed E-state index contributed by atoms with van der Waals surface area (Å²) in [5, 5.41) is 0. The van der Waals surface area contributed by atoms with Crippen molar-refractivity contribution in [2.75, 3.05) is 0 Å². The van der Waals surface area contributed by atoms with E-state index in [1.807, 2.05) is 12.1 Å². The van der Waals surface area contributed by atoms with Crippen LogP contribution in [0.3, 0.4) is 0 Å². The van der Waals surface area contributed by atoms with Gasteiger partial charge in [0.25, 0.3) is 0 Å². The molecule has 0 fully saturated rings. The number of nitrogens with zero attached hydrogens (tertiary/aromatic N) is 1. The third-order valence-electron chi connectivity index (χ3n) is 3.20. The lowest BCUT2D eigenvalue weighted by molar-refractivity contribution is -0.137. The highest BCUT2D eigenvalue weighted by atomic mass is 19.4. The number of hydrogen-bond donors (Lipinski definition) is 2. The van der Waals surface area contributed by atoms with Crippen LogP contribution in [0.2, 0.25) is 0 Å². The van der Waals surface area contributed by atoms with Crippen LogP contribution in [0.1, 0.15) is 16.7 Å². The van der Waals surface area contributed by atoms with E-state index in [1.54, 1.807) is 12.4 Å². The number of hydrogen-bond acceptors (Lipinski definition) is 3. The van der Waals surface area contributed by atoms with Crippen molar-refractivity contribution >= 4 is 0 Å². The molecule has 0 aliphatic heterocycles. The average molecular weight is 295 g/mol. The van der Waals surface area contributed by atoms with E-state index in [0.717, 1.165) is 23.3 Å². The summed E-state index contributed by atoms with van der Waals surface area (Å²) in [5.41, 5.74) is 3.87. The molecule has 1 aromatic heterocycles. The molecule has 0 saturated carbocycles. The summed E-state index contributed by atoms with van der Waals surface area (Å²) in [7, 11) is 0. The Labute approximate surface area is 121 Å². The second-order valence-electron chi connectivity index (χ2n) is 4.83. The Morgan fingerprint density at radius 1 is 1.05 bits per heavy atom. The Morgan fingerprint density at radius 3 is 2.24 bits per heavy atom. The summed E-state index contributed by atoms with van der Waals surface area (Å²) in [4.78, 5) is 4.02. The van der Waals surface area contributed by atoms with E-state index >= 15 is 0 Å². The number of nitrogens with two attached hydrogens (primary N) is 1. The third kappa shape index (κ3) is 4.54. The van der Waals surface area contributed by atoms with Crippen molar-refractivity contribution in [3.8, 4) is 0 Å². The van der Waals surface area contributed by atoms with Crippen molar-refractivity contribution in [1.82, 2.24) is 10.4 Å². The van der Waals surface area contributed by atoms with Gasteiger partial charge in [0.15, 0.2) is 0 Å². The van der Waals surface area contributed by atoms with E-state index in [9.17, 15) is 13.2 Å². The fourth-order valence-electron chi connectivity index (χ4n) is 2.11. The largest absolute Gasteiger partial charge is 0.416 e. The molecule has 0 amide bonds. The maximum Gasteiger partial charge on any atom is 0.416 e. The lowest BCUT2D eigenvalue weighted by Gasteiger charge is -2.16. The summed E-state index contributed by atoms with van der Waals surface area (Å²) in [6.45, 7) is 0. The molecular formula is C15H16F3N3. The number of hydrazine groups is 1. The van der Waals surface area contributed by atoms with Crippen LogP contribution >= 0.6 is 0 Å². The van der Waals surface area contributed by atoms with E-state index in [2.05, 4.69) is 10.4 Å². The van der Waals surface area contributed by atoms with Crippen molar-refractivity contribution < 1.29 is 13.2 Å². The molecule has 1 heterocycles. The van der Waals surface area contributed by atoms with Gasteiger partial charge >= 0.3 is 6.18 Å². The molecule has 1 aromatic carbocycles. The van der Waals surface area contributed by atoms with Gasteiger partial charge in [-0.2, -0.15) is 13.2 Å². The molecule has 0 radical (unpaired) electrons. The Balaban J connectivity index is 2.02. The summed E-state index contributed by atoms with van der Waals surface area (Å²) in [6, 6.07) is 8.85. The van der Waals surface area contributed by atoms with Crippen molar-refractivity contribution in [3.63, 3.8) is 0 Å². The molecular weight excluding hydrogens is 279 g/mol. The summed E-state index contributed by atoms with van der Waals surface area (Å²) < 4.78 is 37.5. The quantitative estimate of drug-likeness (QED) is 0.659. The lowest BCUT2D eigenvalue weighted by Crippen LogP contribution is -2.38. The SMILES string of the molecule is NNC(Cc1ccc(C(F)(F)F)cc1)Cc1cccnc1. The highest BCUT2D eigenvalue weighted by Gasteiger charge is 2.29. The molecule has 0 aliphatic rings. The van der Waals surface area contributed by atoms with Crippen molar-refractivity contribution in [3.05, 3.63) is 65.5 Å². The van der Waals surface area contributed by atoms with Gasteiger partial charge in [0.05, 0.1) is 5.56 Å². The molecule has 3 nitrogen and oxygen atoms in total. The minimum atomic E-state index is -4.31. The summed E-state index contributed by atoms with van der Waals surface area (Å²) in [5.74, 6) is 5.52. The smallest absolute Gasteiger partial charge is 0.271 e. The lowest BCUT2D eigenvalue weighted by atomic mass is 9.99. The zero-order chi connectivity index (χ0) is 15.3. The van der Waals surface area contributed by atoms with Gasteiger partial charge in [-0.15, -0.1) is 0 Å². The number of nitrogens with one attached hydrogen (secondary N) is 1. The number of rotatable bonds is 5. The predicted molar refractivity (Wildman–Crippen MR) is 74.2 cm³/mol. The topological polar surface area (TPSA) is 50.9 Å². The monoisotopic (exact) mass is 295 g/mol. The van der Waals surface area contributed by atoms with E-state index < -0.39 is 11.7 Å². The Bertz CT molecular complexity index is 553. The van der Waals surface area contributed by atoms with E-state index in [4.69, 9.17) is 5.84 Å². The number of alkyl halides is 3. The van der Waals surface area contributed by atoms with Crippen LogP contribution in [-0.2, 0) is 19.0 Å². The summed E-state index contributed by atoms with van der Waals surface area (Å²) >= 11 is 0. The van der Waals surface area contributed by atoms with Crippen LogP contribution in [0.25, 0.3) is 0 Å². The van der Waals surface area contributed by atoms with Gasteiger partial charge in [-0.25, -0.2) is 0 Å². The molecule has 2 aromatic rings. The van der Waals surface area contributed by atoms with Crippen molar-refractivity contribution in [1.29, 1.82) is 0 Å². The summed E-state index contributed by atoms with van der Waals surface area (Å²) in [6.07, 6.45) is 0.329. The van der Waals surface area contributed by atoms with Gasteiger partial charge in [0.2, 0.25) is 0 Å². The van der Waals surface area contributed by atoms with E-state index in [1.165, 1.54) is 12.1 Å². The van der Waals surface area contributed by atoms with Crippen LogP contribution in [-0.4, -0.2) is 11.0 Å². The molecule has 1 atom stereocenters. The first-order chi connectivity index (χ1) is 9.99. The fourth-order valence-corrected chi connectivity index (χ4v) is 2.11. The van der Waals surface area contributed by atoms with Crippen molar-refractivity contribution in [2.45, 2.75) is 25.1 Å². The second-order valence-corrected chi connectivity index (χ2v) is 4.83. The highest BCUT2D eigenvalue weighted by molar-refractivity contribution is 5.25. The maximum absolute atomic E-state index is 12.5. The Kier molecular flexibility index (Phi) is 4.93. The van der Waals surface area contributed by atoms with E-state index in [-0.39, 0.29) is 6.04 Å². The van der Waals surface area contributed by atoms with Gasteiger partial charge in [-0.05, 0) is 42.2 Å². The minimum absolute atomic E-state index is 0.0639. The molecule has 0 spiro atoms. The van der Waals surface area contributed by atoms with Gasteiger partial charge in [-0.1, -0.05) is 18.2 Å². The van der Waals surface area contributed by atoms with E-state index in [0.29, 0.717) is 12.8 Å². The molecule has 112 valence electrons. The molecule has 3 N–H and O–H groups in total. The second kappa shape index (κ2) is 6.69. The van der Waals surface area contributed by atoms with Crippen LogP contribution in [0, 0.1) is 0 Å². The maximum atomic E-state index is 12.5. The molecule has 1 unspecified atom stereocenters. The highest BCUT2D eigenvalue weighted by Crippen LogP contribution is 2.29. The zero-order valence-corrected chi connectivity index (χ0v) is 11.3. The first kappa shape index (κ1) is 15.5. The van der Waals surface area contributed by atoms with Crippen LogP contribution < -0.4 is 11.3 Å². The van der Waals surface area contributed by atoms with Crippen LogP contribution in [0.15, 0.2) is 48.8 Å². The number of aromatic nitrogens is 1. The van der Waals surface area contributed by atoms with Gasteiger partial charge in [0, 0.05) is 18.4 Å². The Morgan fingerprint density at radius 2 is 1.71 bits per heavy atom.